The van der Waals surface area contributed by atoms with Crippen molar-refractivity contribution in [3.05, 3.63) is 23.8 Å². The standard InChI is InChI=1S/C24H41N5O3/c1-4-25-24(26-10-13-28-11-6-5-7-12-28)27-19-21(29-14-16-32-17-15-29)20-8-9-22(30-2)23(18-20)31-3/h8-9,18,21H,4-7,10-17,19H2,1-3H3,(H2,25,26,27). The number of ether oxygens (including phenoxy) is 3. The van der Waals surface area contributed by atoms with E-state index in [0.717, 1.165) is 63.4 Å². The van der Waals surface area contributed by atoms with E-state index in [0.29, 0.717) is 6.54 Å². The number of morpholine rings is 1. The molecule has 0 spiro atoms. The van der Waals surface area contributed by atoms with E-state index in [1.807, 2.05) is 6.07 Å². The topological polar surface area (TPSA) is 70.6 Å². The molecule has 3 rings (SSSR count). The van der Waals surface area contributed by atoms with Gasteiger partial charge in [0.2, 0.25) is 0 Å². The van der Waals surface area contributed by atoms with Crippen molar-refractivity contribution < 1.29 is 14.2 Å². The quantitative estimate of drug-likeness (QED) is 0.421. The molecule has 2 saturated heterocycles. The summed E-state index contributed by atoms with van der Waals surface area (Å²) in [5.41, 5.74) is 1.18. The summed E-state index contributed by atoms with van der Waals surface area (Å²) in [4.78, 5) is 9.96. The molecule has 8 heteroatoms. The highest BCUT2D eigenvalue weighted by Crippen LogP contribution is 2.32. The molecule has 2 aliphatic rings. The van der Waals surface area contributed by atoms with E-state index in [9.17, 15) is 0 Å². The molecule has 2 N–H and O–H groups in total. The molecule has 32 heavy (non-hydrogen) atoms. The van der Waals surface area contributed by atoms with Crippen LogP contribution in [0.2, 0.25) is 0 Å². The summed E-state index contributed by atoms with van der Waals surface area (Å²) in [7, 11) is 3.35. The second-order valence-corrected chi connectivity index (χ2v) is 8.33. The summed E-state index contributed by atoms with van der Waals surface area (Å²) in [5, 5.41) is 6.93. The molecule has 8 nitrogen and oxygen atoms in total. The lowest BCUT2D eigenvalue weighted by Crippen LogP contribution is -2.44. The normalized spacial score (nSPS) is 19.4. The SMILES string of the molecule is CCNC(=NCC(c1ccc(OC)c(OC)c1)N1CCOCC1)NCCN1CCCCC1. The minimum atomic E-state index is 0.149. The molecule has 0 bridgehead atoms. The van der Waals surface area contributed by atoms with Gasteiger partial charge in [-0.15, -0.1) is 0 Å². The van der Waals surface area contributed by atoms with Crippen molar-refractivity contribution in [3.63, 3.8) is 0 Å². The number of hydrogen-bond acceptors (Lipinski definition) is 6. The Hall–Kier alpha value is -2.03. The van der Waals surface area contributed by atoms with Gasteiger partial charge in [-0.05, 0) is 50.6 Å². The van der Waals surface area contributed by atoms with Crippen LogP contribution in [-0.4, -0.2) is 95.6 Å². The van der Waals surface area contributed by atoms with Gasteiger partial charge in [0.1, 0.15) is 0 Å². The number of nitrogens with one attached hydrogen (secondary N) is 2. The second kappa shape index (κ2) is 13.5. The summed E-state index contributed by atoms with van der Waals surface area (Å²) < 4.78 is 16.6. The first-order valence-corrected chi connectivity index (χ1v) is 12.0. The molecule has 2 fully saturated rings. The van der Waals surface area contributed by atoms with E-state index in [1.54, 1.807) is 14.2 Å². The summed E-state index contributed by atoms with van der Waals surface area (Å²) in [5.74, 6) is 2.37. The van der Waals surface area contributed by atoms with Crippen LogP contribution in [0.25, 0.3) is 0 Å². The van der Waals surface area contributed by atoms with Gasteiger partial charge >= 0.3 is 0 Å². The number of nitrogens with zero attached hydrogens (tertiary/aromatic N) is 3. The summed E-state index contributed by atoms with van der Waals surface area (Å²) >= 11 is 0. The van der Waals surface area contributed by atoms with Gasteiger partial charge in [-0.25, -0.2) is 0 Å². The van der Waals surface area contributed by atoms with Gasteiger partial charge in [0.25, 0.3) is 0 Å². The van der Waals surface area contributed by atoms with Crippen molar-refractivity contribution in [2.75, 3.05) is 79.8 Å². The Morgan fingerprint density at radius 3 is 2.47 bits per heavy atom. The van der Waals surface area contributed by atoms with Crippen molar-refractivity contribution in [3.8, 4) is 11.5 Å². The molecule has 0 saturated carbocycles. The van der Waals surface area contributed by atoms with Crippen LogP contribution >= 0.6 is 0 Å². The molecule has 0 aliphatic carbocycles. The van der Waals surface area contributed by atoms with E-state index >= 15 is 0 Å². The lowest BCUT2D eigenvalue weighted by Gasteiger charge is -2.34. The number of hydrogen-bond donors (Lipinski definition) is 2. The lowest BCUT2D eigenvalue weighted by molar-refractivity contribution is 0.0179. The Morgan fingerprint density at radius 2 is 1.78 bits per heavy atom. The number of methoxy groups -OCH3 is 2. The third kappa shape index (κ3) is 7.25. The van der Waals surface area contributed by atoms with E-state index in [-0.39, 0.29) is 6.04 Å². The highest BCUT2D eigenvalue weighted by molar-refractivity contribution is 5.79. The first kappa shape index (κ1) is 24.6. The van der Waals surface area contributed by atoms with Crippen LogP contribution < -0.4 is 20.1 Å². The predicted molar refractivity (Wildman–Crippen MR) is 129 cm³/mol. The van der Waals surface area contributed by atoms with Gasteiger partial charge in [0.05, 0.1) is 40.0 Å². The molecule has 180 valence electrons. The maximum Gasteiger partial charge on any atom is 0.191 e. The molecule has 2 aliphatic heterocycles. The van der Waals surface area contributed by atoms with Crippen LogP contribution in [0.1, 0.15) is 37.8 Å². The van der Waals surface area contributed by atoms with E-state index < -0.39 is 0 Å². The molecule has 0 aromatic heterocycles. The lowest BCUT2D eigenvalue weighted by atomic mass is 10.0. The zero-order valence-electron chi connectivity index (χ0n) is 20.1. The Labute approximate surface area is 193 Å². The fourth-order valence-electron chi connectivity index (χ4n) is 4.42. The Kier molecular flexibility index (Phi) is 10.4. The Morgan fingerprint density at radius 1 is 1.03 bits per heavy atom. The van der Waals surface area contributed by atoms with E-state index in [2.05, 4.69) is 39.5 Å². The van der Waals surface area contributed by atoms with Gasteiger partial charge in [0.15, 0.2) is 17.5 Å². The van der Waals surface area contributed by atoms with Crippen LogP contribution in [0.5, 0.6) is 11.5 Å². The Balaban J connectivity index is 1.69. The zero-order valence-corrected chi connectivity index (χ0v) is 20.1. The zero-order chi connectivity index (χ0) is 22.6. The number of rotatable bonds is 10. The van der Waals surface area contributed by atoms with Gasteiger partial charge in [-0.1, -0.05) is 12.5 Å². The molecule has 0 amide bonds. The highest BCUT2D eigenvalue weighted by atomic mass is 16.5. The van der Waals surface area contributed by atoms with Crippen LogP contribution in [0, 0.1) is 0 Å². The molecule has 0 radical (unpaired) electrons. The van der Waals surface area contributed by atoms with Gasteiger partial charge < -0.3 is 29.7 Å². The second-order valence-electron chi connectivity index (χ2n) is 8.33. The van der Waals surface area contributed by atoms with Crippen molar-refractivity contribution >= 4 is 5.96 Å². The van der Waals surface area contributed by atoms with Crippen LogP contribution in [0.3, 0.4) is 0 Å². The average molecular weight is 448 g/mol. The number of piperidine rings is 1. The molecular formula is C24H41N5O3. The third-order valence-corrected chi connectivity index (χ3v) is 6.21. The number of aliphatic imine (C=N–C) groups is 1. The minimum absolute atomic E-state index is 0.149. The summed E-state index contributed by atoms with van der Waals surface area (Å²) in [6, 6.07) is 6.32. The van der Waals surface area contributed by atoms with Crippen LogP contribution in [0.15, 0.2) is 23.2 Å². The molecule has 1 unspecified atom stereocenters. The monoisotopic (exact) mass is 447 g/mol. The van der Waals surface area contributed by atoms with Crippen molar-refractivity contribution in [1.82, 2.24) is 20.4 Å². The van der Waals surface area contributed by atoms with Gasteiger partial charge in [-0.3, -0.25) is 9.89 Å². The third-order valence-electron chi connectivity index (χ3n) is 6.21. The first-order chi connectivity index (χ1) is 15.7. The minimum Gasteiger partial charge on any atom is -0.493 e. The highest BCUT2D eigenvalue weighted by Gasteiger charge is 2.24. The molecule has 1 aromatic carbocycles. The fraction of sp³-hybridized carbons (Fsp3) is 0.708. The number of guanidine groups is 1. The van der Waals surface area contributed by atoms with E-state index in [1.165, 1.54) is 37.9 Å². The summed E-state index contributed by atoms with van der Waals surface area (Å²) in [6.07, 6.45) is 4.01. The summed E-state index contributed by atoms with van der Waals surface area (Å²) in [6.45, 7) is 11.3. The van der Waals surface area contributed by atoms with E-state index in [4.69, 9.17) is 19.2 Å². The predicted octanol–water partition coefficient (Wildman–Crippen LogP) is 2.12. The van der Waals surface area contributed by atoms with Crippen molar-refractivity contribution in [2.45, 2.75) is 32.2 Å². The average Bonchev–Trinajstić information content (AvgIpc) is 2.85. The Bertz CT molecular complexity index is 703. The van der Waals surface area contributed by atoms with Crippen LogP contribution in [0.4, 0.5) is 0 Å². The van der Waals surface area contributed by atoms with Crippen molar-refractivity contribution in [1.29, 1.82) is 0 Å². The number of likely N-dealkylation sites (tertiary alicyclic amines) is 1. The van der Waals surface area contributed by atoms with Crippen molar-refractivity contribution in [2.24, 2.45) is 4.99 Å². The molecule has 1 aromatic rings. The smallest absolute Gasteiger partial charge is 0.191 e. The van der Waals surface area contributed by atoms with Crippen LogP contribution in [-0.2, 0) is 4.74 Å². The van der Waals surface area contributed by atoms with Gasteiger partial charge in [0, 0.05) is 32.7 Å². The molecule has 2 heterocycles. The van der Waals surface area contributed by atoms with Gasteiger partial charge in [-0.2, -0.15) is 0 Å². The maximum atomic E-state index is 5.59. The fourth-order valence-corrected chi connectivity index (χ4v) is 4.42. The first-order valence-electron chi connectivity index (χ1n) is 12.0. The number of benzene rings is 1. The maximum absolute atomic E-state index is 5.59. The molecule has 1 atom stereocenters. The molecular weight excluding hydrogens is 406 g/mol. The largest absolute Gasteiger partial charge is 0.493 e.